The molecule has 8 heteroatoms. The van der Waals surface area contributed by atoms with Crippen molar-refractivity contribution in [1.29, 1.82) is 0 Å². The number of nitrogens with zero attached hydrogens (tertiary/aromatic N) is 1. The molecule has 0 aliphatic rings. The quantitative estimate of drug-likeness (QED) is 0.389. The Morgan fingerprint density at radius 1 is 1.60 bits per heavy atom. The molecule has 0 aliphatic heterocycles. The molecular weight excluding hydrogens is 277 g/mol. The normalized spacial score (nSPS) is 9.73. The number of ether oxygens (including phenoxy) is 1. The van der Waals surface area contributed by atoms with Gasteiger partial charge in [0.2, 0.25) is 5.82 Å². The Hall–Kier alpha value is -1.70. The lowest BCUT2D eigenvalue weighted by molar-refractivity contribution is -0.387. The van der Waals surface area contributed by atoms with Crippen molar-refractivity contribution in [1.82, 2.24) is 0 Å². The maximum Gasteiger partial charge on any atom is 0.511 e. The zero-order valence-electron chi connectivity index (χ0n) is 6.94. The summed E-state index contributed by atoms with van der Waals surface area (Å²) in [6, 6.07) is 1.45. The highest BCUT2D eigenvalue weighted by Crippen LogP contribution is 2.31. The Balaban J connectivity index is 3.23. The van der Waals surface area contributed by atoms with Gasteiger partial charge in [-0.15, -0.1) is 0 Å². The zero-order valence-corrected chi connectivity index (χ0v) is 8.52. The summed E-state index contributed by atoms with van der Waals surface area (Å²) in [5.41, 5.74) is -0.852. The van der Waals surface area contributed by atoms with Crippen LogP contribution < -0.4 is 4.74 Å². The van der Waals surface area contributed by atoms with Crippen LogP contribution >= 0.6 is 15.9 Å². The van der Waals surface area contributed by atoms with E-state index in [4.69, 9.17) is 5.11 Å². The van der Waals surface area contributed by atoms with Crippen molar-refractivity contribution in [2.24, 2.45) is 0 Å². The van der Waals surface area contributed by atoms with Crippen LogP contribution in [0, 0.1) is 15.9 Å². The van der Waals surface area contributed by atoms with Gasteiger partial charge in [0.1, 0.15) is 0 Å². The molecular formula is C7H3BrFNO5. The van der Waals surface area contributed by atoms with E-state index in [1.807, 2.05) is 0 Å². The van der Waals surface area contributed by atoms with Crippen molar-refractivity contribution in [3.8, 4) is 5.75 Å². The highest BCUT2D eigenvalue weighted by atomic mass is 79.9. The van der Waals surface area contributed by atoms with Crippen LogP contribution in [0.25, 0.3) is 0 Å². The van der Waals surface area contributed by atoms with Crippen LogP contribution in [-0.4, -0.2) is 16.2 Å². The lowest BCUT2D eigenvalue weighted by atomic mass is 10.3. The van der Waals surface area contributed by atoms with E-state index < -0.39 is 22.6 Å². The summed E-state index contributed by atoms with van der Waals surface area (Å²) in [5, 5.41) is 18.6. The molecule has 1 aromatic rings. The minimum Gasteiger partial charge on any atom is -0.449 e. The van der Waals surface area contributed by atoms with E-state index in [-0.39, 0.29) is 10.2 Å². The van der Waals surface area contributed by atoms with Crippen LogP contribution in [-0.2, 0) is 0 Å². The Morgan fingerprint density at radius 2 is 2.20 bits per heavy atom. The Morgan fingerprint density at radius 3 is 2.67 bits per heavy atom. The highest BCUT2D eigenvalue weighted by Gasteiger charge is 2.19. The number of benzene rings is 1. The van der Waals surface area contributed by atoms with E-state index in [9.17, 15) is 19.3 Å². The fraction of sp³-hybridized carbons (Fsp3) is 0. The zero-order chi connectivity index (χ0) is 11.6. The van der Waals surface area contributed by atoms with Gasteiger partial charge in [-0.3, -0.25) is 10.1 Å². The number of carbonyl (C=O) groups is 1. The molecule has 0 atom stereocenters. The van der Waals surface area contributed by atoms with Crippen LogP contribution in [0.15, 0.2) is 16.6 Å². The third-order valence-electron chi connectivity index (χ3n) is 1.40. The van der Waals surface area contributed by atoms with E-state index in [0.29, 0.717) is 6.07 Å². The minimum absolute atomic E-state index is 0.0204. The summed E-state index contributed by atoms with van der Waals surface area (Å²) in [6.45, 7) is 0. The number of hydrogen-bond acceptors (Lipinski definition) is 4. The fourth-order valence-electron chi connectivity index (χ4n) is 0.831. The molecule has 0 spiro atoms. The summed E-state index contributed by atoms with van der Waals surface area (Å²) in [7, 11) is 0. The molecule has 1 N–H and O–H groups in total. The number of rotatable bonds is 2. The number of halogens is 2. The number of nitro benzene ring substituents is 1. The van der Waals surface area contributed by atoms with Crippen molar-refractivity contribution in [3.05, 3.63) is 32.5 Å². The fourth-order valence-corrected chi connectivity index (χ4v) is 1.23. The van der Waals surface area contributed by atoms with Gasteiger partial charge < -0.3 is 9.84 Å². The molecule has 15 heavy (non-hydrogen) atoms. The number of hydrogen-bond donors (Lipinski definition) is 1. The van der Waals surface area contributed by atoms with Crippen LogP contribution in [0.1, 0.15) is 0 Å². The first-order chi connectivity index (χ1) is 6.91. The average molecular weight is 280 g/mol. The summed E-state index contributed by atoms with van der Waals surface area (Å²) < 4.78 is 17.1. The smallest absolute Gasteiger partial charge is 0.449 e. The lowest BCUT2D eigenvalue weighted by Gasteiger charge is -2.02. The van der Waals surface area contributed by atoms with Crippen LogP contribution in [0.3, 0.4) is 0 Å². The maximum atomic E-state index is 12.9. The largest absolute Gasteiger partial charge is 0.511 e. The monoisotopic (exact) mass is 279 g/mol. The second kappa shape index (κ2) is 4.22. The van der Waals surface area contributed by atoms with Crippen molar-refractivity contribution >= 4 is 27.8 Å². The van der Waals surface area contributed by atoms with E-state index in [1.165, 1.54) is 0 Å². The van der Waals surface area contributed by atoms with Crippen LogP contribution in [0.4, 0.5) is 14.9 Å². The van der Waals surface area contributed by atoms with Gasteiger partial charge in [-0.25, -0.2) is 4.79 Å². The molecule has 0 bridgehead atoms. The second-order valence-corrected chi connectivity index (χ2v) is 3.21. The van der Waals surface area contributed by atoms with Gasteiger partial charge in [0, 0.05) is 0 Å². The highest BCUT2D eigenvalue weighted by molar-refractivity contribution is 9.10. The van der Waals surface area contributed by atoms with Crippen molar-refractivity contribution in [2.75, 3.05) is 0 Å². The van der Waals surface area contributed by atoms with E-state index in [2.05, 4.69) is 20.7 Å². The summed E-state index contributed by atoms with van der Waals surface area (Å²) in [6.07, 6.45) is -1.64. The average Bonchev–Trinajstić information content (AvgIpc) is 2.08. The van der Waals surface area contributed by atoms with Gasteiger partial charge in [-0.2, -0.15) is 4.39 Å². The van der Waals surface area contributed by atoms with E-state index in [1.54, 1.807) is 0 Å². The van der Waals surface area contributed by atoms with Crippen molar-refractivity contribution in [2.45, 2.75) is 0 Å². The van der Waals surface area contributed by atoms with E-state index >= 15 is 0 Å². The number of nitro groups is 1. The first-order valence-electron chi connectivity index (χ1n) is 3.46. The molecule has 0 fully saturated rings. The SMILES string of the molecule is O=C(O)Oc1cc([N+](=O)[O-])c(F)cc1Br. The molecule has 0 amide bonds. The third-order valence-corrected chi connectivity index (χ3v) is 2.02. The minimum atomic E-state index is -1.64. The molecule has 0 aliphatic carbocycles. The molecule has 0 saturated heterocycles. The predicted octanol–water partition coefficient (Wildman–Crippen LogP) is 2.55. The van der Waals surface area contributed by atoms with Crippen molar-refractivity contribution in [3.63, 3.8) is 0 Å². The molecule has 80 valence electrons. The van der Waals surface area contributed by atoms with Gasteiger partial charge in [0.15, 0.2) is 5.75 Å². The summed E-state index contributed by atoms with van der Waals surface area (Å²) in [5.74, 6) is -1.42. The van der Waals surface area contributed by atoms with E-state index in [0.717, 1.165) is 6.07 Å². The Labute approximate surface area is 90.6 Å². The third kappa shape index (κ3) is 2.62. The molecule has 0 saturated carbocycles. The molecule has 0 radical (unpaired) electrons. The van der Waals surface area contributed by atoms with Crippen LogP contribution in [0.2, 0.25) is 0 Å². The Kier molecular flexibility index (Phi) is 3.20. The maximum absolute atomic E-state index is 12.9. The van der Waals surface area contributed by atoms with Gasteiger partial charge in [-0.05, 0) is 22.0 Å². The lowest BCUT2D eigenvalue weighted by Crippen LogP contribution is -2.04. The Bertz CT molecular complexity index is 436. The number of carboxylic acid groups (broad SMARTS) is 1. The standard InChI is InChI=1S/C7H3BrFNO5/c8-3-1-4(9)5(10(13)14)2-6(3)15-7(11)12/h1-2H,(H,11,12). The summed E-state index contributed by atoms with van der Waals surface area (Å²) >= 11 is 2.81. The molecule has 0 unspecified atom stereocenters. The first kappa shape index (κ1) is 11.4. The molecule has 6 nitrogen and oxygen atoms in total. The molecule has 0 aromatic heterocycles. The van der Waals surface area contributed by atoms with Crippen LogP contribution in [0.5, 0.6) is 5.75 Å². The van der Waals surface area contributed by atoms with Gasteiger partial charge >= 0.3 is 11.8 Å². The van der Waals surface area contributed by atoms with Gasteiger partial charge in [0.05, 0.1) is 15.5 Å². The molecule has 1 aromatic carbocycles. The van der Waals surface area contributed by atoms with Gasteiger partial charge in [0.25, 0.3) is 0 Å². The summed E-state index contributed by atoms with van der Waals surface area (Å²) in [4.78, 5) is 19.5. The second-order valence-electron chi connectivity index (χ2n) is 2.36. The topological polar surface area (TPSA) is 89.7 Å². The van der Waals surface area contributed by atoms with Gasteiger partial charge in [-0.1, -0.05) is 0 Å². The first-order valence-corrected chi connectivity index (χ1v) is 4.25. The molecule has 0 heterocycles. The molecule has 1 rings (SSSR count). The predicted molar refractivity (Wildman–Crippen MR) is 49.4 cm³/mol. The van der Waals surface area contributed by atoms with Crippen molar-refractivity contribution < 1.29 is 24.0 Å².